The molecule has 8 aromatic carbocycles. The summed E-state index contributed by atoms with van der Waals surface area (Å²) in [7, 11) is 0. The fourth-order valence-corrected chi connectivity index (χ4v) is 8.49. The Hall–Kier alpha value is -7.23. The second kappa shape index (κ2) is 12.2. The number of rotatable bonds is 5. The van der Waals surface area contributed by atoms with E-state index in [4.69, 9.17) is 4.98 Å². The molecule has 0 saturated carbocycles. The van der Waals surface area contributed by atoms with E-state index in [1.54, 1.807) is 0 Å². The van der Waals surface area contributed by atoms with Gasteiger partial charge in [-0.25, -0.2) is 4.98 Å². The average molecular weight is 688 g/mol. The number of fused-ring (bicyclic) bond motifs is 7. The molecule has 0 radical (unpaired) electrons. The van der Waals surface area contributed by atoms with Crippen LogP contribution in [0, 0.1) is 0 Å². The summed E-state index contributed by atoms with van der Waals surface area (Å²) in [6.07, 6.45) is 2.11. The van der Waals surface area contributed by atoms with E-state index >= 15 is 0 Å². The third-order valence-electron chi connectivity index (χ3n) is 10.9. The van der Waals surface area contributed by atoms with Gasteiger partial charge in [0.05, 0.1) is 22.6 Å². The Balaban J connectivity index is 1.20. The van der Waals surface area contributed by atoms with Gasteiger partial charge in [0.1, 0.15) is 5.65 Å². The number of imidazole rings is 1. The number of benzene rings is 8. The summed E-state index contributed by atoms with van der Waals surface area (Å²) in [6.45, 7) is 0. The molecule has 0 N–H and O–H groups in total. The van der Waals surface area contributed by atoms with Crippen LogP contribution in [0.4, 0.5) is 0 Å². The van der Waals surface area contributed by atoms with E-state index in [9.17, 15) is 0 Å². The van der Waals surface area contributed by atoms with E-state index in [-0.39, 0.29) is 0 Å². The van der Waals surface area contributed by atoms with E-state index in [1.165, 1.54) is 65.6 Å². The molecule has 11 rings (SSSR count). The van der Waals surface area contributed by atoms with Gasteiger partial charge in [-0.1, -0.05) is 158 Å². The lowest BCUT2D eigenvalue weighted by atomic mass is 9.92. The molecule has 3 aromatic heterocycles. The maximum atomic E-state index is 5.10. The maximum absolute atomic E-state index is 5.10. The van der Waals surface area contributed by atoms with Crippen LogP contribution in [0.15, 0.2) is 200 Å². The van der Waals surface area contributed by atoms with Gasteiger partial charge in [-0.2, -0.15) is 0 Å². The smallest absolute Gasteiger partial charge is 0.137 e. The van der Waals surface area contributed by atoms with Crippen LogP contribution in [0.25, 0.3) is 99.5 Å². The Kier molecular flexibility index (Phi) is 6.86. The fraction of sp³-hybridized carbons (Fsp3) is 0. The SMILES string of the molecule is c1ccc(-c2nc3ccccn3c2-c2ccc3c(ccc4c3ccc3c4c(-c4ccccc4)c(-c4ccccc4)n3-c3ccc4ccccc4c3)c2)cc1. The number of pyridine rings is 1. The van der Waals surface area contributed by atoms with Gasteiger partial charge in [0.2, 0.25) is 0 Å². The van der Waals surface area contributed by atoms with Crippen molar-refractivity contribution in [3.63, 3.8) is 0 Å². The van der Waals surface area contributed by atoms with Crippen LogP contribution in [-0.2, 0) is 0 Å². The largest absolute Gasteiger partial charge is 0.309 e. The van der Waals surface area contributed by atoms with Crippen LogP contribution in [0.2, 0.25) is 0 Å². The van der Waals surface area contributed by atoms with Crippen molar-refractivity contribution in [2.45, 2.75) is 0 Å². The molecule has 54 heavy (non-hydrogen) atoms. The molecule has 0 amide bonds. The van der Waals surface area contributed by atoms with Gasteiger partial charge in [0.15, 0.2) is 0 Å². The lowest BCUT2D eigenvalue weighted by Gasteiger charge is -2.14. The summed E-state index contributed by atoms with van der Waals surface area (Å²) in [4.78, 5) is 5.10. The minimum atomic E-state index is 0.936. The van der Waals surface area contributed by atoms with Crippen LogP contribution >= 0.6 is 0 Å². The quantitative estimate of drug-likeness (QED) is 0.165. The monoisotopic (exact) mass is 687 g/mol. The van der Waals surface area contributed by atoms with Gasteiger partial charge in [0.25, 0.3) is 0 Å². The summed E-state index contributed by atoms with van der Waals surface area (Å²) in [5.74, 6) is 0. The van der Waals surface area contributed by atoms with Crippen molar-refractivity contribution in [3.05, 3.63) is 200 Å². The zero-order valence-corrected chi connectivity index (χ0v) is 29.4. The Labute approximate surface area is 312 Å². The summed E-state index contributed by atoms with van der Waals surface area (Å²) in [5, 5.41) is 8.61. The second-order valence-corrected chi connectivity index (χ2v) is 14.0. The van der Waals surface area contributed by atoms with E-state index in [1.807, 2.05) is 6.07 Å². The molecule has 11 aromatic rings. The van der Waals surface area contributed by atoms with Gasteiger partial charge in [-0.15, -0.1) is 0 Å². The Morgan fingerprint density at radius 1 is 0.389 bits per heavy atom. The molecule has 0 aliphatic carbocycles. The molecule has 0 spiro atoms. The van der Waals surface area contributed by atoms with E-state index in [0.717, 1.165) is 33.8 Å². The topological polar surface area (TPSA) is 22.2 Å². The molecule has 252 valence electrons. The third-order valence-corrected chi connectivity index (χ3v) is 10.9. The van der Waals surface area contributed by atoms with Crippen LogP contribution in [0.3, 0.4) is 0 Å². The first-order chi connectivity index (χ1) is 26.8. The van der Waals surface area contributed by atoms with E-state index < -0.39 is 0 Å². The Bertz CT molecular complexity index is 3190. The number of hydrogen-bond acceptors (Lipinski definition) is 1. The predicted octanol–water partition coefficient (Wildman–Crippen LogP) is 13.4. The minimum absolute atomic E-state index is 0.936. The van der Waals surface area contributed by atoms with Gasteiger partial charge in [-0.3, -0.25) is 4.40 Å². The van der Waals surface area contributed by atoms with Crippen molar-refractivity contribution in [2.24, 2.45) is 0 Å². The standard InChI is InChI=1S/C51H33N3/c1-4-15-35(16-5-1)47-48-44-28-24-39-32-40(51-49(36-17-6-2-7-18-36)52-46-22-12-13-31-53(46)51)25-27-42(39)43(44)29-30-45(48)54(50(47)37-19-8-3-9-20-37)41-26-23-34-14-10-11-21-38(34)33-41/h1-33H. The highest BCUT2D eigenvalue weighted by molar-refractivity contribution is 6.23. The van der Waals surface area contributed by atoms with Crippen LogP contribution in [-0.4, -0.2) is 14.0 Å². The molecule has 3 heteroatoms. The van der Waals surface area contributed by atoms with Crippen molar-refractivity contribution in [3.8, 4) is 50.6 Å². The zero-order chi connectivity index (χ0) is 35.6. The lowest BCUT2D eigenvalue weighted by Crippen LogP contribution is -1.97. The normalized spacial score (nSPS) is 11.7. The molecular weight excluding hydrogens is 655 g/mol. The number of hydrogen-bond donors (Lipinski definition) is 0. The van der Waals surface area contributed by atoms with Crippen molar-refractivity contribution in [2.75, 3.05) is 0 Å². The summed E-state index contributed by atoms with van der Waals surface area (Å²) >= 11 is 0. The average Bonchev–Trinajstić information content (AvgIpc) is 3.81. The maximum Gasteiger partial charge on any atom is 0.137 e. The minimum Gasteiger partial charge on any atom is -0.309 e. The first kappa shape index (κ1) is 30.4. The van der Waals surface area contributed by atoms with Crippen molar-refractivity contribution >= 4 is 48.9 Å². The number of nitrogens with zero attached hydrogens (tertiary/aromatic N) is 3. The molecule has 0 atom stereocenters. The van der Waals surface area contributed by atoms with E-state index in [2.05, 4.69) is 203 Å². The first-order valence-electron chi connectivity index (χ1n) is 18.5. The van der Waals surface area contributed by atoms with E-state index in [0.29, 0.717) is 0 Å². The first-order valence-corrected chi connectivity index (χ1v) is 18.5. The third kappa shape index (κ3) is 4.72. The number of aromatic nitrogens is 3. The Morgan fingerprint density at radius 2 is 1.04 bits per heavy atom. The van der Waals surface area contributed by atoms with Gasteiger partial charge < -0.3 is 4.57 Å². The molecule has 0 aliphatic heterocycles. The van der Waals surface area contributed by atoms with Crippen molar-refractivity contribution in [1.29, 1.82) is 0 Å². The molecule has 0 saturated heterocycles. The summed E-state index contributed by atoms with van der Waals surface area (Å²) < 4.78 is 4.68. The van der Waals surface area contributed by atoms with Gasteiger partial charge in [0, 0.05) is 34.0 Å². The highest BCUT2D eigenvalue weighted by Crippen LogP contribution is 2.47. The molecule has 3 nitrogen and oxygen atoms in total. The van der Waals surface area contributed by atoms with Crippen LogP contribution < -0.4 is 0 Å². The molecule has 3 heterocycles. The van der Waals surface area contributed by atoms with Crippen molar-refractivity contribution < 1.29 is 0 Å². The highest BCUT2D eigenvalue weighted by atomic mass is 15.0. The summed E-state index contributed by atoms with van der Waals surface area (Å²) in [5.41, 5.74) is 12.4. The van der Waals surface area contributed by atoms with Crippen LogP contribution in [0.5, 0.6) is 0 Å². The second-order valence-electron chi connectivity index (χ2n) is 14.0. The van der Waals surface area contributed by atoms with Crippen molar-refractivity contribution in [1.82, 2.24) is 14.0 Å². The van der Waals surface area contributed by atoms with Gasteiger partial charge in [-0.05, 0) is 79.8 Å². The zero-order valence-electron chi connectivity index (χ0n) is 29.4. The molecule has 0 unspecified atom stereocenters. The molecule has 0 aliphatic rings. The fourth-order valence-electron chi connectivity index (χ4n) is 8.49. The highest BCUT2D eigenvalue weighted by Gasteiger charge is 2.24. The molecular formula is C51H33N3. The van der Waals surface area contributed by atoms with Crippen LogP contribution in [0.1, 0.15) is 0 Å². The van der Waals surface area contributed by atoms with Gasteiger partial charge >= 0.3 is 0 Å². The molecule has 0 fully saturated rings. The summed E-state index contributed by atoms with van der Waals surface area (Å²) in [6, 6.07) is 70.1. The Morgan fingerprint density at radius 3 is 1.83 bits per heavy atom. The predicted molar refractivity (Wildman–Crippen MR) is 226 cm³/mol. The molecule has 0 bridgehead atoms. The lowest BCUT2D eigenvalue weighted by molar-refractivity contribution is 1.14.